The smallest absolute Gasteiger partial charge is 0.227 e. The molecule has 0 radical (unpaired) electrons. The number of carbonyl (C=O) groups excluding carboxylic acids is 1. The van der Waals surface area contributed by atoms with Crippen molar-refractivity contribution in [2.75, 3.05) is 5.32 Å². The van der Waals surface area contributed by atoms with E-state index >= 15 is 0 Å². The van der Waals surface area contributed by atoms with Gasteiger partial charge in [-0.05, 0) is 31.0 Å². The number of hydrogen-bond acceptors (Lipinski definition) is 1. The van der Waals surface area contributed by atoms with Gasteiger partial charge in [0, 0.05) is 16.1 Å². The first-order valence-corrected chi connectivity index (χ1v) is 7.03. The largest absolute Gasteiger partial charge is 0.326 e. The summed E-state index contributed by atoms with van der Waals surface area (Å²) in [6.45, 7) is 4.22. The van der Waals surface area contributed by atoms with Gasteiger partial charge >= 0.3 is 0 Å². The Labute approximate surface area is 112 Å². The Balaban J connectivity index is 2.57. The van der Waals surface area contributed by atoms with E-state index in [0.717, 1.165) is 35.8 Å². The lowest BCUT2D eigenvalue weighted by Crippen LogP contribution is -2.22. The minimum Gasteiger partial charge on any atom is -0.326 e. The monoisotopic (exact) mass is 297 g/mol. The van der Waals surface area contributed by atoms with Crippen LogP contribution in [0.15, 0.2) is 28.7 Å². The fraction of sp³-hybridized carbons (Fsp3) is 0.500. The van der Waals surface area contributed by atoms with Gasteiger partial charge in [-0.1, -0.05) is 48.7 Å². The molecule has 0 aromatic heterocycles. The zero-order chi connectivity index (χ0) is 12.7. The van der Waals surface area contributed by atoms with Gasteiger partial charge in [-0.2, -0.15) is 0 Å². The first-order chi connectivity index (χ1) is 8.17. The molecule has 0 heterocycles. The van der Waals surface area contributed by atoms with Crippen LogP contribution in [-0.2, 0) is 4.79 Å². The maximum Gasteiger partial charge on any atom is 0.227 e. The zero-order valence-corrected chi connectivity index (χ0v) is 12.1. The predicted molar refractivity (Wildman–Crippen MR) is 76.1 cm³/mol. The molecule has 2 nitrogen and oxygen atoms in total. The Morgan fingerprint density at radius 3 is 2.76 bits per heavy atom. The van der Waals surface area contributed by atoms with Crippen LogP contribution in [0.1, 0.15) is 39.5 Å². The molecular weight excluding hydrogens is 278 g/mol. The molecule has 1 aromatic carbocycles. The van der Waals surface area contributed by atoms with Crippen molar-refractivity contribution in [2.24, 2.45) is 5.92 Å². The Hall–Kier alpha value is -0.830. The fourth-order valence-corrected chi connectivity index (χ4v) is 2.18. The number of benzene rings is 1. The highest BCUT2D eigenvalue weighted by Crippen LogP contribution is 2.19. The van der Waals surface area contributed by atoms with E-state index in [2.05, 4.69) is 35.1 Å². The molecule has 1 unspecified atom stereocenters. The van der Waals surface area contributed by atoms with Crippen molar-refractivity contribution in [3.8, 4) is 0 Å². The maximum absolute atomic E-state index is 12.0. The number of rotatable bonds is 6. The minimum absolute atomic E-state index is 0.133. The quantitative estimate of drug-likeness (QED) is 0.816. The fourth-order valence-electron chi connectivity index (χ4n) is 1.78. The topological polar surface area (TPSA) is 29.1 Å². The average molecular weight is 298 g/mol. The van der Waals surface area contributed by atoms with Crippen molar-refractivity contribution in [1.29, 1.82) is 0 Å². The van der Waals surface area contributed by atoms with Gasteiger partial charge in [0.1, 0.15) is 0 Å². The normalized spacial score (nSPS) is 12.2. The second kappa shape index (κ2) is 7.49. The van der Waals surface area contributed by atoms with Crippen molar-refractivity contribution in [2.45, 2.75) is 39.5 Å². The Kier molecular flexibility index (Phi) is 6.27. The Bertz CT molecular complexity index is 365. The lowest BCUT2D eigenvalue weighted by Gasteiger charge is -2.14. The average Bonchev–Trinajstić information content (AvgIpc) is 2.30. The van der Waals surface area contributed by atoms with E-state index < -0.39 is 0 Å². The van der Waals surface area contributed by atoms with Crippen LogP contribution in [0, 0.1) is 5.92 Å². The first-order valence-electron chi connectivity index (χ1n) is 6.23. The van der Waals surface area contributed by atoms with Crippen LogP contribution >= 0.6 is 15.9 Å². The van der Waals surface area contributed by atoms with Crippen LogP contribution in [0.3, 0.4) is 0 Å². The molecule has 17 heavy (non-hydrogen) atoms. The summed E-state index contributed by atoms with van der Waals surface area (Å²) in [6, 6.07) is 7.70. The molecule has 0 aliphatic rings. The standard InChI is InChI=1S/C14H20BrNO/c1-3-5-7-11(4-2)14(17)16-13-9-6-8-12(15)10-13/h6,8-11H,3-5,7H2,1-2H3,(H,16,17). The van der Waals surface area contributed by atoms with Gasteiger partial charge in [0.25, 0.3) is 0 Å². The summed E-state index contributed by atoms with van der Waals surface area (Å²) < 4.78 is 0.983. The van der Waals surface area contributed by atoms with E-state index in [1.54, 1.807) is 0 Å². The third kappa shape index (κ3) is 4.90. The van der Waals surface area contributed by atoms with Crippen molar-refractivity contribution >= 4 is 27.5 Å². The van der Waals surface area contributed by atoms with Crippen LogP contribution < -0.4 is 5.32 Å². The number of hydrogen-bond donors (Lipinski definition) is 1. The molecule has 1 amide bonds. The number of amides is 1. The number of anilines is 1. The summed E-state index contributed by atoms with van der Waals surface area (Å²) in [4.78, 5) is 12.0. The summed E-state index contributed by atoms with van der Waals surface area (Å²) in [6.07, 6.45) is 4.14. The molecule has 3 heteroatoms. The van der Waals surface area contributed by atoms with Gasteiger partial charge in [-0.15, -0.1) is 0 Å². The van der Waals surface area contributed by atoms with E-state index in [1.165, 1.54) is 0 Å². The van der Waals surface area contributed by atoms with E-state index in [-0.39, 0.29) is 11.8 Å². The summed E-state index contributed by atoms with van der Waals surface area (Å²) in [5.41, 5.74) is 0.860. The second-order valence-corrected chi connectivity index (χ2v) is 5.16. The summed E-state index contributed by atoms with van der Waals surface area (Å²) in [7, 11) is 0. The molecule has 1 N–H and O–H groups in total. The van der Waals surface area contributed by atoms with Crippen molar-refractivity contribution in [1.82, 2.24) is 0 Å². The number of halogens is 1. The summed E-state index contributed by atoms with van der Waals surface area (Å²) in [5, 5.41) is 2.97. The molecule has 0 saturated heterocycles. The third-order valence-electron chi connectivity index (χ3n) is 2.86. The van der Waals surface area contributed by atoms with Crippen LogP contribution in [0.4, 0.5) is 5.69 Å². The molecule has 0 bridgehead atoms. The Morgan fingerprint density at radius 1 is 1.41 bits per heavy atom. The van der Waals surface area contributed by atoms with E-state index in [9.17, 15) is 4.79 Å². The van der Waals surface area contributed by atoms with Gasteiger partial charge in [0.2, 0.25) is 5.91 Å². The second-order valence-electron chi connectivity index (χ2n) is 4.25. The van der Waals surface area contributed by atoms with Crippen molar-refractivity contribution < 1.29 is 4.79 Å². The molecule has 0 aliphatic heterocycles. The Morgan fingerprint density at radius 2 is 2.18 bits per heavy atom. The van der Waals surface area contributed by atoms with Crippen molar-refractivity contribution in [3.05, 3.63) is 28.7 Å². The highest BCUT2D eigenvalue weighted by molar-refractivity contribution is 9.10. The maximum atomic E-state index is 12.0. The van der Waals surface area contributed by atoms with E-state index in [1.807, 2.05) is 24.3 Å². The highest BCUT2D eigenvalue weighted by Gasteiger charge is 2.15. The van der Waals surface area contributed by atoms with Gasteiger partial charge < -0.3 is 5.32 Å². The molecule has 0 aliphatic carbocycles. The number of carbonyl (C=O) groups is 1. The number of nitrogens with one attached hydrogen (secondary N) is 1. The summed E-state index contributed by atoms with van der Waals surface area (Å²) >= 11 is 3.40. The molecule has 0 fully saturated rings. The highest BCUT2D eigenvalue weighted by atomic mass is 79.9. The molecule has 0 spiro atoms. The molecular formula is C14H20BrNO. The molecule has 0 saturated carbocycles. The van der Waals surface area contributed by atoms with Crippen molar-refractivity contribution in [3.63, 3.8) is 0 Å². The lowest BCUT2D eigenvalue weighted by atomic mass is 9.98. The van der Waals surface area contributed by atoms with E-state index in [4.69, 9.17) is 0 Å². The molecule has 94 valence electrons. The van der Waals surface area contributed by atoms with E-state index in [0.29, 0.717) is 0 Å². The van der Waals surface area contributed by atoms with Gasteiger partial charge in [-0.25, -0.2) is 0 Å². The minimum atomic E-state index is 0.133. The first kappa shape index (κ1) is 14.2. The van der Waals surface area contributed by atoms with Crippen LogP contribution in [0.2, 0.25) is 0 Å². The van der Waals surface area contributed by atoms with Gasteiger partial charge in [0.15, 0.2) is 0 Å². The zero-order valence-electron chi connectivity index (χ0n) is 10.5. The van der Waals surface area contributed by atoms with Crippen LogP contribution in [-0.4, -0.2) is 5.91 Å². The van der Waals surface area contributed by atoms with Gasteiger partial charge in [-0.3, -0.25) is 4.79 Å². The van der Waals surface area contributed by atoms with Crippen LogP contribution in [0.25, 0.3) is 0 Å². The SMILES string of the molecule is CCCCC(CC)C(=O)Nc1cccc(Br)c1. The summed E-state index contributed by atoms with van der Waals surface area (Å²) in [5.74, 6) is 0.271. The molecule has 1 aromatic rings. The van der Waals surface area contributed by atoms with Gasteiger partial charge in [0.05, 0.1) is 0 Å². The molecule has 1 atom stereocenters. The predicted octanol–water partition coefficient (Wildman–Crippen LogP) is 4.60. The molecule has 1 rings (SSSR count). The third-order valence-corrected chi connectivity index (χ3v) is 3.36. The lowest BCUT2D eigenvalue weighted by molar-refractivity contribution is -0.120. The number of unbranched alkanes of at least 4 members (excludes halogenated alkanes) is 1. The van der Waals surface area contributed by atoms with Crippen LogP contribution in [0.5, 0.6) is 0 Å².